The van der Waals surface area contributed by atoms with E-state index in [-0.39, 0.29) is 12.1 Å². The third-order valence-corrected chi connectivity index (χ3v) is 2.55. The summed E-state index contributed by atoms with van der Waals surface area (Å²) in [7, 11) is 0. The lowest BCUT2D eigenvalue weighted by Crippen LogP contribution is -2.25. The lowest BCUT2D eigenvalue weighted by molar-refractivity contribution is -0.0537. The van der Waals surface area contributed by atoms with Crippen molar-refractivity contribution in [1.82, 2.24) is 14.8 Å². The fourth-order valence-corrected chi connectivity index (χ4v) is 1.70. The number of rotatable bonds is 5. The molecule has 2 aromatic rings. The molecule has 4 nitrogen and oxygen atoms in total. The normalized spacial score (nSPS) is 13.5. The number of aromatic nitrogens is 3. The summed E-state index contributed by atoms with van der Waals surface area (Å²) >= 11 is 0. The Bertz CT molecular complexity index is 473. The molecule has 0 radical (unpaired) electrons. The molecule has 0 fully saturated rings. The Hall–Kier alpha value is -1.82. The molecule has 1 unspecified atom stereocenters. The summed E-state index contributed by atoms with van der Waals surface area (Å²) in [5.74, 6) is -3.05. The maximum atomic E-state index is 13.8. The van der Waals surface area contributed by atoms with Crippen molar-refractivity contribution >= 4 is 0 Å². The second kappa shape index (κ2) is 5.22. The van der Waals surface area contributed by atoms with Gasteiger partial charge in [0.15, 0.2) is 0 Å². The van der Waals surface area contributed by atoms with Gasteiger partial charge in [-0.05, 0) is 0 Å². The molecule has 0 bridgehead atoms. The van der Waals surface area contributed by atoms with Crippen LogP contribution < -0.4 is 0 Å². The summed E-state index contributed by atoms with van der Waals surface area (Å²) in [6, 6.07) is 7.47. The van der Waals surface area contributed by atoms with Crippen LogP contribution in [0.5, 0.6) is 0 Å². The predicted molar refractivity (Wildman–Crippen MR) is 61.0 cm³/mol. The number of alkyl halides is 2. The highest BCUT2D eigenvalue weighted by Crippen LogP contribution is 2.32. The molecule has 0 aliphatic rings. The minimum absolute atomic E-state index is 0.00240. The van der Waals surface area contributed by atoms with Gasteiger partial charge in [0.05, 0.1) is 12.6 Å². The lowest BCUT2D eigenvalue weighted by atomic mass is 10.0. The molecule has 2 rings (SSSR count). The van der Waals surface area contributed by atoms with E-state index >= 15 is 0 Å². The summed E-state index contributed by atoms with van der Waals surface area (Å²) in [6.07, 6.45) is 0.852. The van der Waals surface area contributed by atoms with Crippen molar-refractivity contribution in [3.8, 4) is 0 Å². The smallest absolute Gasteiger partial charge is 0.275 e. The zero-order valence-corrected chi connectivity index (χ0v) is 9.58. The molecule has 96 valence electrons. The second-order valence-corrected chi connectivity index (χ2v) is 4.05. The Kier molecular flexibility index (Phi) is 3.66. The molecule has 0 saturated heterocycles. The van der Waals surface area contributed by atoms with Gasteiger partial charge < -0.3 is 5.11 Å². The summed E-state index contributed by atoms with van der Waals surface area (Å²) < 4.78 is 29.0. The first-order valence-electron chi connectivity index (χ1n) is 5.52. The van der Waals surface area contributed by atoms with Crippen LogP contribution in [0.3, 0.4) is 0 Å². The van der Waals surface area contributed by atoms with Crippen LogP contribution in [0.4, 0.5) is 8.78 Å². The fraction of sp³-hybridized carbons (Fsp3) is 0.333. The maximum absolute atomic E-state index is 13.8. The molecule has 18 heavy (non-hydrogen) atoms. The van der Waals surface area contributed by atoms with Crippen LogP contribution in [0.1, 0.15) is 12.0 Å². The minimum atomic E-state index is -3.05. The highest BCUT2D eigenvalue weighted by atomic mass is 19.3. The topological polar surface area (TPSA) is 50.9 Å². The monoisotopic (exact) mass is 253 g/mol. The molecule has 0 saturated carbocycles. The van der Waals surface area contributed by atoms with Gasteiger partial charge in [0.25, 0.3) is 5.92 Å². The van der Waals surface area contributed by atoms with Crippen molar-refractivity contribution in [3.05, 3.63) is 48.5 Å². The van der Waals surface area contributed by atoms with Crippen LogP contribution in [0, 0.1) is 0 Å². The zero-order chi connectivity index (χ0) is 13.0. The van der Waals surface area contributed by atoms with Crippen molar-refractivity contribution in [2.24, 2.45) is 0 Å². The standard InChI is InChI=1S/C12H13F2N3O/c13-12(14,10-4-2-1-3-5-10)6-11(18)7-17-9-15-8-16-17/h1-5,8-9,11,18H,6-7H2. The Morgan fingerprint density at radius 3 is 2.61 bits per heavy atom. The average Bonchev–Trinajstić information content (AvgIpc) is 2.82. The van der Waals surface area contributed by atoms with Gasteiger partial charge in [-0.1, -0.05) is 30.3 Å². The molecule has 0 amide bonds. The van der Waals surface area contributed by atoms with E-state index in [4.69, 9.17) is 0 Å². The SMILES string of the molecule is OC(Cn1cncn1)CC(F)(F)c1ccccc1. The van der Waals surface area contributed by atoms with Gasteiger partial charge in [-0.15, -0.1) is 0 Å². The maximum Gasteiger partial charge on any atom is 0.275 e. The molecule has 0 aliphatic heterocycles. The summed E-state index contributed by atoms with van der Waals surface area (Å²) in [5, 5.41) is 13.4. The van der Waals surface area contributed by atoms with E-state index in [0.29, 0.717) is 0 Å². The quantitative estimate of drug-likeness (QED) is 0.884. The lowest BCUT2D eigenvalue weighted by Gasteiger charge is -2.20. The van der Waals surface area contributed by atoms with Crippen LogP contribution in [-0.4, -0.2) is 26.0 Å². The van der Waals surface area contributed by atoms with Crippen LogP contribution in [-0.2, 0) is 12.5 Å². The van der Waals surface area contributed by atoms with Gasteiger partial charge in [-0.3, -0.25) is 4.68 Å². The number of aliphatic hydroxyl groups is 1. The molecule has 0 spiro atoms. The van der Waals surface area contributed by atoms with Gasteiger partial charge in [0.2, 0.25) is 0 Å². The molecule has 1 heterocycles. The number of nitrogens with zero attached hydrogens (tertiary/aromatic N) is 3. The van der Waals surface area contributed by atoms with Crippen molar-refractivity contribution in [1.29, 1.82) is 0 Å². The Labute approximate surface area is 103 Å². The molecular formula is C12H13F2N3O. The van der Waals surface area contributed by atoms with E-state index in [1.807, 2.05) is 0 Å². The highest BCUT2D eigenvalue weighted by molar-refractivity contribution is 5.19. The summed E-state index contributed by atoms with van der Waals surface area (Å²) in [5.41, 5.74) is -0.0948. The Morgan fingerprint density at radius 1 is 1.28 bits per heavy atom. The largest absolute Gasteiger partial charge is 0.391 e. The first-order valence-corrected chi connectivity index (χ1v) is 5.52. The molecular weight excluding hydrogens is 240 g/mol. The molecule has 0 aliphatic carbocycles. The summed E-state index contributed by atoms with van der Waals surface area (Å²) in [6.45, 7) is 0.00240. The number of halogens is 2. The van der Waals surface area contributed by atoms with E-state index in [0.717, 1.165) is 0 Å². The Morgan fingerprint density at radius 2 is 2.00 bits per heavy atom. The van der Waals surface area contributed by atoms with Gasteiger partial charge >= 0.3 is 0 Å². The van der Waals surface area contributed by atoms with Crippen LogP contribution in [0.25, 0.3) is 0 Å². The first kappa shape index (κ1) is 12.6. The highest BCUT2D eigenvalue weighted by Gasteiger charge is 2.34. The number of aliphatic hydroxyl groups excluding tert-OH is 1. The fourth-order valence-electron chi connectivity index (χ4n) is 1.70. The number of benzene rings is 1. The number of hydrogen-bond acceptors (Lipinski definition) is 3. The van der Waals surface area contributed by atoms with Crippen molar-refractivity contribution in [2.45, 2.75) is 25.0 Å². The van der Waals surface area contributed by atoms with Crippen molar-refractivity contribution in [3.63, 3.8) is 0 Å². The van der Waals surface area contributed by atoms with Crippen molar-refractivity contribution < 1.29 is 13.9 Å². The van der Waals surface area contributed by atoms with Crippen LogP contribution in [0.15, 0.2) is 43.0 Å². The van der Waals surface area contributed by atoms with E-state index < -0.39 is 18.4 Å². The minimum Gasteiger partial charge on any atom is -0.391 e. The molecule has 1 N–H and O–H groups in total. The first-order chi connectivity index (χ1) is 8.58. The van der Waals surface area contributed by atoms with Gasteiger partial charge in [0, 0.05) is 12.0 Å². The second-order valence-electron chi connectivity index (χ2n) is 4.05. The van der Waals surface area contributed by atoms with E-state index in [2.05, 4.69) is 10.1 Å². The summed E-state index contributed by atoms with van der Waals surface area (Å²) in [4.78, 5) is 3.68. The molecule has 6 heteroatoms. The van der Waals surface area contributed by atoms with Crippen LogP contribution in [0.2, 0.25) is 0 Å². The zero-order valence-electron chi connectivity index (χ0n) is 9.58. The van der Waals surface area contributed by atoms with Gasteiger partial charge in [-0.25, -0.2) is 13.8 Å². The van der Waals surface area contributed by atoms with E-state index in [9.17, 15) is 13.9 Å². The van der Waals surface area contributed by atoms with E-state index in [1.165, 1.54) is 29.5 Å². The molecule has 1 atom stereocenters. The predicted octanol–water partition coefficient (Wildman–Crippen LogP) is 1.82. The Balaban J connectivity index is 1.99. The van der Waals surface area contributed by atoms with Gasteiger partial charge in [-0.2, -0.15) is 5.10 Å². The molecule has 1 aromatic carbocycles. The average molecular weight is 253 g/mol. The number of hydrogen-bond donors (Lipinski definition) is 1. The van der Waals surface area contributed by atoms with Crippen molar-refractivity contribution in [2.75, 3.05) is 0 Å². The van der Waals surface area contributed by atoms with Crippen LogP contribution >= 0.6 is 0 Å². The third kappa shape index (κ3) is 3.10. The third-order valence-electron chi connectivity index (χ3n) is 2.55. The molecule has 1 aromatic heterocycles. The van der Waals surface area contributed by atoms with Gasteiger partial charge in [0.1, 0.15) is 12.7 Å². The van der Waals surface area contributed by atoms with E-state index in [1.54, 1.807) is 18.2 Å².